The Balaban J connectivity index is 2.17. The first-order valence-electron chi connectivity index (χ1n) is 7.52. The van der Waals surface area contributed by atoms with E-state index >= 15 is 0 Å². The van der Waals surface area contributed by atoms with Gasteiger partial charge >= 0.3 is 5.97 Å². The van der Waals surface area contributed by atoms with Gasteiger partial charge in [-0.3, -0.25) is 9.36 Å². The highest BCUT2D eigenvalue weighted by atomic mass is 32.1. The summed E-state index contributed by atoms with van der Waals surface area (Å²) >= 11 is 4.20. The third kappa shape index (κ3) is 2.78. The molecular formula is C16H18N4O3S. The van der Waals surface area contributed by atoms with Gasteiger partial charge in [0.25, 0.3) is 0 Å². The summed E-state index contributed by atoms with van der Waals surface area (Å²) in [6.07, 6.45) is 2.24. The van der Waals surface area contributed by atoms with Crippen molar-refractivity contribution >= 4 is 40.5 Å². The molecule has 2 N–H and O–H groups in total. The van der Waals surface area contributed by atoms with E-state index in [1.807, 2.05) is 7.05 Å². The Hall–Kier alpha value is -2.32. The molecule has 1 aliphatic rings. The highest BCUT2D eigenvalue weighted by Gasteiger charge is 2.23. The second-order valence-corrected chi connectivity index (χ2v) is 6.24. The van der Waals surface area contributed by atoms with E-state index in [0.717, 1.165) is 25.3 Å². The Kier molecular flexibility index (Phi) is 4.33. The van der Waals surface area contributed by atoms with Crippen LogP contribution in [0.15, 0.2) is 29.7 Å². The second-order valence-electron chi connectivity index (χ2n) is 5.72. The fourth-order valence-corrected chi connectivity index (χ4v) is 3.07. The van der Waals surface area contributed by atoms with E-state index in [1.54, 1.807) is 12.1 Å². The molecule has 0 aliphatic carbocycles. The molecule has 1 aliphatic heterocycles. The molecule has 1 fully saturated rings. The monoisotopic (exact) mass is 346 g/mol. The maximum atomic E-state index is 12.4. The number of rotatable bonds is 4. The number of likely N-dealkylation sites (N-methyl/N-ethyl adjacent to an activating group) is 1. The van der Waals surface area contributed by atoms with Gasteiger partial charge in [0, 0.05) is 25.3 Å². The number of hydrogen-bond donors (Lipinski definition) is 3. The number of hydrogen-bond acceptors (Lipinski definition) is 6. The zero-order valence-electron chi connectivity index (χ0n) is 13.2. The lowest BCUT2D eigenvalue weighted by Gasteiger charge is -2.19. The predicted molar refractivity (Wildman–Crippen MR) is 97.0 cm³/mol. The van der Waals surface area contributed by atoms with Gasteiger partial charge in [-0.15, -0.1) is 12.6 Å². The number of nitrogens with zero attached hydrogens (tertiary/aromatic N) is 3. The molecule has 1 unspecified atom stereocenters. The number of thiol groups is 1. The molecule has 1 atom stereocenters. The van der Waals surface area contributed by atoms with E-state index in [0.29, 0.717) is 16.7 Å². The van der Waals surface area contributed by atoms with Gasteiger partial charge < -0.3 is 15.3 Å². The molecule has 2 aromatic rings. The van der Waals surface area contributed by atoms with Gasteiger partial charge in [0.15, 0.2) is 5.65 Å². The average Bonchev–Trinajstić information content (AvgIpc) is 3.03. The van der Waals surface area contributed by atoms with Crippen molar-refractivity contribution in [2.24, 2.45) is 0 Å². The van der Waals surface area contributed by atoms with E-state index in [1.165, 1.54) is 10.8 Å². The maximum Gasteiger partial charge on any atom is 0.341 e. The Bertz CT molecular complexity index is 893. The number of fused-ring (bicyclic) bond motifs is 1. The largest absolute Gasteiger partial charge is 0.477 e. The molecule has 8 heteroatoms. The number of aromatic carboxylic acids is 1. The number of carbonyl (C=O) groups is 1. The molecule has 0 amide bonds. The summed E-state index contributed by atoms with van der Waals surface area (Å²) < 4.78 is 1.43. The summed E-state index contributed by atoms with van der Waals surface area (Å²) in [5.74, 6) is -0.545. The van der Waals surface area contributed by atoms with Crippen LogP contribution in [0.5, 0.6) is 0 Å². The molecule has 3 heterocycles. The van der Waals surface area contributed by atoms with Crippen LogP contribution in [0, 0.1) is 0 Å². The third-order valence-electron chi connectivity index (χ3n) is 4.27. The van der Waals surface area contributed by atoms with Crippen molar-refractivity contribution in [3.63, 3.8) is 0 Å². The van der Waals surface area contributed by atoms with Gasteiger partial charge in [0.1, 0.15) is 11.4 Å². The molecule has 126 valence electrons. The number of anilines is 1. The van der Waals surface area contributed by atoms with Crippen LogP contribution < -0.4 is 15.6 Å². The van der Waals surface area contributed by atoms with Crippen LogP contribution in [0.2, 0.25) is 0 Å². The van der Waals surface area contributed by atoms with Gasteiger partial charge in [-0.05, 0) is 25.6 Å². The van der Waals surface area contributed by atoms with Gasteiger partial charge in [0.2, 0.25) is 5.43 Å². The van der Waals surface area contributed by atoms with Crippen LogP contribution in [0.25, 0.3) is 16.1 Å². The van der Waals surface area contributed by atoms with Crippen molar-refractivity contribution in [2.45, 2.75) is 12.5 Å². The maximum absolute atomic E-state index is 12.4. The first-order chi connectivity index (χ1) is 11.4. The number of carboxylic acid groups (broad SMARTS) is 1. The van der Waals surface area contributed by atoms with Crippen LogP contribution in [0.1, 0.15) is 16.8 Å². The fourth-order valence-electron chi connectivity index (χ4n) is 2.92. The molecule has 1 saturated heterocycles. The molecule has 0 aromatic carbocycles. The minimum atomic E-state index is -1.29. The van der Waals surface area contributed by atoms with E-state index < -0.39 is 11.4 Å². The molecule has 3 rings (SSSR count). The van der Waals surface area contributed by atoms with Crippen LogP contribution in [0.3, 0.4) is 0 Å². The summed E-state index contributed by atoms with van der Waals surface area (Å²) in [4.78, 5) is 30.3. The van der Waals surface area contributed by atoms with Crippen molar-refractivity contribution in [1.29, 1.82) is 0 Å². The van der Waals surface area contributed by atoms with E-state index in [2.05, 4.69) is 34.4 Å². The molecule has 0 bridgehead atoms. The molecule has 2 aromatic heterocycles. The van der Waals surface area contributed by atoms with Crippen molar-refractivity contribution in [3.05, 3.63) is 40.7 Å². The highest BCUT2D eigenvalue weighted by molar-refractivity contribution is 7.90. The molecule has 0 radical (unpaired) electrons. The minimum Gasteiger partial charge on any atom is -0.477 e. The number of carboxylic acids is 1. The fraction of sp³-hybridized carbons (Fsp3) is 0.312. The minimum absolute atomic E-state index is 0.234. The molecule has 0 spiro atoms. The quantitative estimate of drug-likeness (QED) is 0.722. The third-order valence-corrected chi connectivity index (χ3v) is 4.48. The van der Waals surface area contributed by atoms with Crippen LogP contribution in [-0.4, -0.2) is 46.8 Å². The van der Waals surface area contributed by atoms with Crippen molar-refractivity contribution in [3.8, 4) is 0 Å². The lowest BCUT2D eigenvalue weighted by atomic mass is 10.2. The van der Waals surface area contributed by atoms with E-state index in [4.69, 9.17) is 0 Å². The lowest BCUT2D eigenvalue weighted by Crippen LogP contribution is -2.30. The summed E-state index contributed by atoms with van der Waals surface area (Å²) in [6, 6.07) is 3.77. The molecule has 24 heavy (non-hydrogen) atoms. The molecule has 7 nitrogen and oxygen atoms in total. The summed E-state index contributed by atoms with van der Waals surface area (Å²) in [6.45, 7) is 5.42. The van der Waals surface area contributed by atoms with Crippen LogP contribution in [0.4, 0.5) is 5.82 Å². The average molecular weight is 346 g/mol. The zero-order valence-corrected chi connectivity index (χ0v) is 14.1. The summed E-state index contributed by atoms with van der Waals surface area (Å²) in [7, 11) is 1.93. The van der Waals surface area contributed by atoms with Crippen LogP contribution >= 0.6 is 12.6 Å². The first-order valence-corrected chi connectivity index (χ1v) is 7.97. The number of pyridine rings is 2. The predicted octanol–water partition coefficient (Wildman–Crippen LogP) is 1.25. The van der Waals surface area contributed by atoms with Gasteiger partial charge in [-0.25, -0.2) is 9.78 Å². The standard InChI is InChI=1S/C16H18N4O3S/c1-9(24)20-8-12(16(22)23)14(21)11-3-4-13(18-15(11)20)19-6-5-10(7-19)17-2/h3-4,8,10,17,24H,1,5-7H2,2H3,(H,22,23). The Morgan fingerprint density at radius 3 is 2.83 bits per heavy atom. The zero-order chi connectivity index (χ0) is 17.4. The van der Waals surface area contributed by atoms with E-state index in [9.17, 15) is 14.7 Å². The molecular weight excluding hydrogens is 328 g/mol. The summed E-state index contributed by atoms with van der Waals surface area (Å²) in [5, 5.41) is 13.0. The Morgan fingerprint density at radius 1 is 1.50 bits per heavy atom. The van der Waals surface area contributed by atoms with Gasteiger partial charge in [-0.2, -0.15) is 0 Å². The van der Waals surface area contributed by atoms with Gasteiger partial charge in [-0.1, -0.05) is 6.58 Å². The Labute approximate surface area is 144 Å². The normalized spacial score (nSPS) is 17.4. The summed E-state index contributed by atoms with van der Waals surface area (Å²) in [5.41, 5.74) is -0.531. The van der Waals surface area contributed by atoms with Crippen LogP contribution in [-0.2, 0) is 0 Å². The van der Waals surface area contributed by atoms with E-state index in [-0.39, 0.29) is 10.9 Å². The number of nitrogens with one attached hydrogen (secondary N) is 1. The SMILES string of the molecule is C=C(S)n1cc(C(=O)O)c(=O)c2ccc(N3CCC(NC)C3)nc21. The van der Waals surface area contributed by atoms with Crippen molar-refractivity contribution in [1.82, 2.24) is 14.9 Å². The second kappa shape index (κ2) is 6.29. The van der Waals surface area contributed by atoms with Gasteiger partial charge in [0.05, 0.1) is 10.4 Å². The smallest absolute Gasteiger partial charge is 0.341 e. The topological polar surface area (TPSA) is 87.5 Å². The number of aromatic nitrogens is 2. The Morgan fingerprint density at radius 2 is 2.25 bits per heavy atom. The van der Waals surface area contributed by atoms with Crippen molar-refractivity contribution < 1.29 is 9.90 Å². The highest BCUT2D eigenvalue weighted by Crippen LogP contribution is 2.23. The molecule has 0 saturated carbocycles. The first kappa shape index (κ1) is 16.5. The van der Waals surface area contributed by atoms with Crippen molar-refractivity contribution in [2.75, 3.05) is 25.0 Å². The lowest BCUT2D eigenvalue weighted by molar-refractivity contribution is 0.0695.